The Morgan fingerprint density at radius 1 is 0.324 bits per heavy atom. The van der Waals surface area contributed by atoms with Gasteiger partial charge in [0.1, 0.15) is 20.8 Å². The molecule has 0 spiro atoms. The van der Waals surface area contributed by atoms with Gasteiger partial charge in [-0.05, 0) is 185 Å². The Bertz CT molecular complexity index is 6490. The van der Waals surface area contributed by atoms with Crippen LogP contribution < -0.4 is 9.47 Å². The van der Waals surface area contributed by atoms with Gasteiger partial charge in [-0.2, -0.15) is 35.1 Å². The first-order chi connectivity index (χ1) is 65.3. The number of fused-ring (bicyclic) bond motifs is 3. The van der Waals surface area contributed by atoms with Crippen LogP contribution in [0.5, 0.6) is 11.5 Å². The SMILES string of the molecule is C=C(C)C(=O)OC(CS(=O)(=O)[O-])C(F)(F)F.C=C(C)C(=O)OC(CS(=O)(=O)[O-])C(F)(F)F.C=C(C)C(=O)Oc1c(F)c(F)c(S(=O)(=O)[O-])c(F)c1F.C=C(C)C(=O)Oc1ccc([S+](c2ccccc2)c2ccccc2)cc1.CS(=O)(=O)[O-].c1ccc(-[s+]2c3ccccc3c3ccccc32)cc1.c1ccc([S+](c2ccccc2)c2ccccc2)cc1.c1ccc([S+](c2ccccc2)c2ccccc2)cc1. The van der Waals surface area contributed by atoms with E-state index in [0.29, 0.717) is 17.6 Å². The summed E-state index contributed by atoms with van der Waals surface area (Å²) in [7, 11) is -20.2. The van der Waals surface area contributed by atoms with Gasteiger partial charge in [0.2, 0.25) is 29.6 Å². The van der Waals surface area contributed by atoms with Crippen LogP contribution in [0.25, 0.3) is 25.1 Å². The Labute approximate surface area is 808 Å². The summed E-state index contributed by atoms with van der Waals surface area (Å²) in [4.78, 5) is 55.1. The van der Waals surface area contributed by atoms with E-state index in [-0.39, 0.29) is 59.9 Å². The average molecular weight is 2070 g/mol. The topological polar surface area (TPSA) is 334 Å². The van der Waals surface area contributed by atoms with E-state index in [1.165, 1.54) is 69.1 Å². The Hall–Kier alpha value is -13.1. The number of hydrogen-bond donors (Lipinski definition) is 0. The highest BCUT2D eigenvalue weighted by atomic mass is 32.2. The molecular weight excluding hydrogens is 1980 g/mol. The van der Waals surface area contributed by atoms with Crippen molar-refractivity contribution in [3.05, 3.63) is 418 Å². The second kappa shape index (κ2) is 52.6. The van der Waals surface area contributed by atoms with Crippen molar-refractivity contribution in [2.24, 2.45) is 0 Å². The van der Waals surface area contributed by atoms with Gasteiger partial charge in [0.05, 0.1) is 74.5 Å². The van der Waals surface area contributed by atoms with E-state index in [1.54, 1.807) is 6.92 Å². The maximum atomic E-state index is 13.4. The van der Waals surface area contributed by atoms with Crippen LogP contribution in [0.2, 0.25) is 0 Å². The first kappa shape index (κ1) is 113. The third-order valence-electron chi connectivity index (χ3n) is 17.5. The largest absolute Gasteiger partial charge is 0.748 e. The van der Waals surface area contributed by atoms with E-state index in [9.17, 15) is 102 Å². The smallest absolute Gasteiger partial charge is 0.426 e. The number of carbonyl (C=O) groups excluding carboxylic acids is 4. The van der Waals surface area contributed by atoms with Crippen molar-refractivity contribution >= 4 is 128 Å². The molecular formula is C101H86F10O20S8. The van der Waals surface area contributed by atoms with E-state index in [2.05, 4.69) is 350 Å². The highest BCUT2D eigenvalue weighted by Gasteiger charge is 2.46. The van der Waals surface area contributed by atoms with Gasteiger partial charge in [-0.1, -0.05) is 214 Å². The van der Waals surface area contributed by atoms with Crippen LogP contribution in [0.15, 0.2) is 443 Å². The molecule has 0 saturated carbocycles. The highest BCUT2D eigenvalue weighted by molar-refractivity contribution is 7.97. The maximum Gasteiger partial charge on any atom is 0.426 e. The van der Waals surface area contributed by atoms with Crippen LogP contribution >= 0.6 is 10.5 Å². The summed E-state index contributed by atoms with van der Waals surface area (Å²) in [6, 6.07) is 121. The molecule has 0 amide bonds. The lowest BCUT2D eigenvalue weighted by Crippen LogP contribution is -2.39. The number of alkyl halides is 6. The van der Waals surface area contributed by atoms with Gasteiger partial charge in [-0.25, -0.2) is 61.6 Å². The quantitative estimate of drug-likeness (QED) is 0.0109. The second-order valence-corrected chi connectivity index (χ2v) is 42.5. The number of benzene rings is 13. The van der Waals surface area contributed by atoms with Gasteiger partial charge in [-0.15, -0.1) is 0 Å². The Kier molecular flexibility index (Phi) is 42.7. The van der Waals surface area contributed by atoms with Gasteiger partial charge in [0.25, 0.3) is 0 Å². The monoisotopic (exact) mass is 2060 g/mol. The molecule has 0 N–H and O–H groups in total. The number of halogens is 10. The fourth-order valence-corrected chi connectivity index (χ4v) is 22.0. The summed E-state index contributed by atoms with van der Waals surface area (Å²) in [6.07, 6.45) is -15.6. The minimum atomic E-state index is -5.81. The van der Waals surface area contributed by atoms with E-state index >= 15 is 0 Å². The molecule has 20 nitrogen and oxygen atoms in total. The van der Waals surface area contributed by atoms with Crippen LogP contribution in [0, 0.1) is 23.3 Å². The molecule has 139 heavy (non-hydrogen) atoms. The summed E-state index contributed by atoms with van der Waals surface area (Å²) in [5.41, 5.74) is -0.627. The summed E-state index contributed by atoms with van der Waals surface area (Å²) in [6.45, 7) is 17.6. The summed E-state index contributed by atoms with van der Waals surface area (Å²) in [5, 5.41) is 2.79. The van der Waals surface area contributed by atoms with Crippen LogP contribution in [0.4, 0.5) is 43.9 Å². The van der Waals surface area contributed by atoms with Crippen molar-refractivity contribution in [1.29, 1.82) is 0 Å². The van der Waals surface area contributed by atoms with E-state index in [1.807, 2.05) is 36.4 Å². The lowest BCUT2D eigenvalue weighted by atomic mass is 10.2. The third-order valence-corrected chi connectivity index (χ3v) is 28.9. The summed E-state index contributed by atoms with van der Waals surface area (Å²) >= 11 is 0. The van der Waals surface area contributed by atoms with Crippen LogP contribution in [0.1, 0.15) is 27.7 Å². The van der Waals surface area contributed by atoms with Crippen molar-refractivity contribution in [3.63, 3.8) is 0 Å². The molecule has 0 aliphatic heterocycles. The Balaban J connectivity index is 0.000000220. The number of thiophene rings is 1. The predicted molar refractivity (Wildman–Crippen MR) is 511 cm³/mol. The molecule has 0 fully saturated rings. The molecule has 0 aliphatic rings. The zero-order valence-electron chi connectivity index (χ0n) is 74.0. The van der Waals surface area contributed by atoms with Crippen molar-refractivity contribution in [3.8, 4) is 16.4 Å². The highest BCUT2D eigenvalue weighted by Crippen LogP contribution is 2.48. The zero-order chi connectivity index (χ0) is 103. The molecule has 13 aromatic carbocycles. The Morgan fingerprint density at radius 2 is 0.540 bits per heavy atom. The van der Waals surface area contributed by atoms with Crippen LogP contribution in [0.3, 0.4) is 0 Å². The first-order valence-corrected chi connectivity index (χ1v) is 51.6. The van der Waals surface area contributed by atoms with Crippen molar-refractivity contribution in [2.75, 3.05) is 17.8 Å². The first-order valence-electron chi connectivity index (χ1n) is 40.3. The van der Waals surface area contributed by atoms with Gasteiger partial charge < -0.3 is 37.2 Å². The number of esters is 4. The van der Waals surface area contributed by atoms with E-state index < -0.39 is 134 Å². The van der Waals surface area contributed by atoms with E-state index in [4.69, 9.17) is 17.7 Å². The summed E-state index contributed by atoms with van der Waals surface area (Å²) in [5.74, 6) is -19.2. The minimum Gasteiger partial charge on any atom is -0.748 e. The number of hydrogen-bond acceptors (Lipinski definition) is 20. The number of rotatable bonds is 23. The molecule has 14 rings (SSSR count). The number of ether oxygens (including phenoxy) is 4. The van der Waals surface area contributed by atoms with Gasteiger partial charge >= 0.3 is 36.2 Å². The Morgan fingerprint density at radius 3 is 0.763 bits per heavy atom. The fraction of sp³-hybridized carbons (Fsp3) is 0.109. The second-order valence-electron chi connectivity index (χ2n) is 28.8. The number of carbonyl (C=O) groups is 4. The molecule has 0 bridgehead atoms. The normalized spacial score (nSPS) is 11.6. The minimum absolute atomic E-state index is 0.0146. The van der Waals surface area contributed by atoms with Gasteiger partial charge in [0.15, 0.2) is 70.0 Å². The van der Waals surface area contributed by atoms with E-state index in [0.717, 1.165) is 20.8 Å². The molecule has 14 aromatic rings. The molecule has 38 heteroatoms. The molecule has 0 radical (unpaired) electrons. The molecule has 0 saturated heterocycles. The molecule has 0 aliphatic carbocycles. The molecule has 1 heterocycles. The molecule has 2 atom stereocenters. The van der Waals surface area contributed by atoms with Crippen LogP contribution in [-0.2, 0) is 102 Å². The molecule has 2 unspecified atom stereocenters. The fourth-order valence-electron chi connectivity index (χ4n) is 11.5. The molecule has 728 valence electrons. The maximum absolute atomic E-state index is 13.4. The van der Waals surface area contributed by atoms with Crippen molar-refractivity contribution < 1.29 is 134 Å². The van der Waals surface area contributed by atoms with Gasteiger partial charge in [0, 0.05) is 49.8 Å². The van der Waals surface area contributed by atoms with Crippen molar-refractivity contribution in [2.45, 2.75) is 101 Å². The average Bonchev–Trinajstić information content (AvgIpc) is 1.66. The third kappa shape index (κ3) is 36.6. The predicted octanol–water partition coefficient (Wildman–Crippen LogP) is 22.5. The summed E-state index contributed by atoms with van der Waals surface area (Å²) < 4.78 is 266. The molecule has 1 aromatic heterocycles. The van der Waals surface area contributed by atoms with Crippen LogP contribution in [-0.4, -0.2) is 118 Å². The van der Waals surface area contributed by atoms with Crippen molar-refractivity contribution in [1.82, 2.24) is 0 Å². The lowest BCUT2D eigenvalue weighted by molar-refractivity contribution is -0.213. The zero-order valence-corrected chi connectivity index (χ0v) is 80.5. The van der Waals surface area contributed by atoms with Gasteiger partial charge in [-0.3, -0.25) is 0 Å². The lowest BCUT2D eigenvalue weighted by Gasteiger charge is -2.21. The standard InChI is InChI=1S/C22H19O2S.C18H13S.2C18H15S.C10H6F4O5S.2C7H9F3O5S.CH4O3S/c1-17(2)22(23)24-18-13-15-21(16-14-18)25(19-9-5-3-6-10-19)20-11-7-4-8-12-20;1-2-8-14(9-3-1)19-17-12-6-4-10-15(17)16-11-5-7-13-18(16)19;2*1-4-10-16(11-5-1)19(17-12-6-2-7-13-17)18-14-8-3-9-15-18;1-3(2)10(15)19-8-4(11)6(13)9(20(16,17)18)7(14)5(8)12;2*1-4(2)6(11)15-5(7(8,9)10)3-16(12,13)14;1-5(2,3)4/h3-16H,1H2,2H3;1-13H;2*1-15H;1H2,2H3,(H,16,17,18);2*5H,1,3H2,2H3,(H,12,13,14);1H3,(H,2,3,4)/q4*+1;;;;/p-4.